The first kappa shape index (κ1) is 17.8. The van der Waals surface area contributed by atoms with Crippen molar-refractivity contribution in [3.8, 4) is 0 Å². The summed E-state index contributed by atoms with van der Waals surface area (Å²) in [5.41, 5.74) is 0.979. The largest absolute Gasteiger partial charge is 0.456 e. The molecule has 4 atom stereocenters. The van der Waals surface area contributed by atoms with Crippen molar-refractivity contribution < 1.29 is 23.9 Å². The van der Waals surface area contributed by atoms with Crippen molar-refractivity contribution >= 4 is 23.5 Å². The van der Waals surface area contributed by atoms with Crippen molar-refractivity contribution in [2.45, 2.75) is 39.9 Å². The first-order valence-electron chi connectivity index (χ1n) is 9.36. The van der Waals surface area contributed by atoms with E-state index in [0.29, 0.717) is 23.4 Å². The topological polar surface area (TPSA) is 72.9 Å². The van der Waals surface area contributed by atoms with E-state index in [1.807, 2.05) is 19.9 Å². The zero-order valence-electron chi connectivity index (χ0n) is 15.9. The first-order valence-corrected chi connectivity index (χ1v) is 9.36. The lowest BCUT2D eigenvalue weighted by molar-refractivity contribution is -0.215. The predicted octanol–water partition coefficient (Wildman–Crippen LogP) is 3.03. The SMILES string of the molecule is CC[C@@H]1C2=C(OC(C)(C)OC2=O)[C@H](C)[C@@H]2C(=O)N(c3ccccc3)C(=O)[C@@H]21. The Morgan fingerprint density at radius 1 is 1.00 bits per heavy atom. The van der Waals surface area contributed by atoms with E-state index in [1.165, 1.54) is 4.90 Å². The smallest absolute Gasteiger partial charge is 0.341 e. The molecule has 4 rings (SSSR count). The second-order valence-corrected chi connectivity index (χ2v) is 7.87. The molecule has 0 spiro atoms. The molecule has 2 aliphatic heterocycles. The third-order valence-corrected chi connectivity index (χ3v) is 5.79. The highest BCUT2D eigenvalue weighted by atomic mass is 16.7. The number of hydrogen-bond acceptors (Lipinski definition) is 5. The Morgan fingerprint density at radius 3 is 2.26 bits per heavy atom. The number of anilines is 1. The summed E-state index contributed by atoms with van der Waals surface area (Å²) >= 11 is 0. The number of rotatable bonds is 2. The van der Waals surface area contributed by atoms with Gasteiger partial charge in [0.1, 0.15) is 5.76 Å². The van der Waals surface area contributed by atoms with Crippen molar-refractivity contribution in [3.63, 3.8) is 0 Å². The molecule has 27 heavy (non-hydrogen) atoms. The number of para-hydroxylation sites is 1. The number of carbonyl (C=O) groups excluding carboxylic acids is 3. The Kier molecular flexibility index (Phi) is 3.91. The third kappa shape index (κ3) is 2.50. The summed E-state index contributed by atoms with van der Waals surface area (Å²) in [6.45, 7) is 7.12. The molecule has 1 aliphatic carbocycles. The minimum Gasteiger partial charge on any atom is -0.456 e. The summed E-state index contributed by atoms with van der Waals surface area (Å²) in [5.74, 6) is -3.39. The minimum absolute atomic E-state index is 0.228. The summed E-state index contributed by atoms with van der Waals surface area (Å²) in [6.07, 6.45) is 0.549. The zero-order valence-corrected chi connectivity index (χ0v) is 15.9. The third-order valence-electron chi connectivity index (χ3n) is 5.79. The molecule has 0 aromatic heterocycles. The van der Waals surface area contributed by atoms with Crippen LogP contribution >= 0.6 is 0 Å². The molecule has 0 unspecified atom stereocenters. The van der Waals surface area contributed by atoms with E-state index in [4.69, 9.17) is 9.47 Å². The van der Waals surface area contributed by atoms with Crippen LogP contribution < -0.4 is 4.90 Å². The van der Waals surface area contributed by atoms with Crippen LogP contribution in [0.25, 0.3) is 0 Å². The van der Waals surface area contributed by atoms with Crippen molar-refractivity contribution in [1.29, 1.82) is 0 Å². The van der Waals surface area contributed by atoms with Crippen LogP contribution in [0.4, 0.5) is 5.69 Å². The van der Waals surface area contributed by atoms with E-state index in [2.05, 4.69) is 0 Å². The molecular weight excluding hydrogens is 346 g/mol. The number of fused-ring (bicyclic) bond motifs is 1. The second-order valence-electron chi connectivity index (χ2n) is 7.87. The Bertz CT molecular complexity index is 857. The van der Waals surface area contributed by atoms with Crippen LogP contribution in [0.15, 0.2) is 41.7 Å². The lowest BCUT2D eigenvalue weighted by atomic mass is 9.66. The number of allylic oxidation sites excluding steroid dienone is 1. The number of ether oxygens (including phenoxy) is 2. The molecule has 0 saturated carbocycles. The van der Waals surface area contributed by atoms with Crippen LogP contribution in [-0.4, -0.2) is 23.6 Å². The molecule has 6 heteroatoms. The molecule has 0 bridgehead atoms. The molecule has 2 amide bonds. The average molecular weight is 369 g/mol. The molecule has 0 radical (unpaired) electrons. The standard InChI is InChI=1S/C21H23NO5/c1-5-13-15-14(11(2)17-16(13)20(25)27-21(3,4)26-17)18(23)22(19(15)24)12-9-7-6-8-10-12/h6-11,13-15H,5H2,1-4H3/t11-,13+,14+,15-/m1/s1. The number of esters is 1. The van der Waals surface area contributed by atoms with Crippen molar-refractivity contribution in [1.82, 2.24) is 0 Å². The van der Waals surface area contributed by atoms with Gasteiger partial charge in [-0.15, -0.1) is 0 Å². The molecule has 0 N–H and O–H groups in total. The van der Waals surface area contributed by atoms with Gasteiger partial charge < -0.3 is 9.47 Å². The van der Waals surface area contributed by atoms with Crippen LogP contribution in [0.2, 0.25) is 0 Å². The fourth-order valence-corrected chi connectivity index (χ4v) is 4.69. The summed E-state index contributed by atoms with van der Waals surface area (Å²) in [6, 6.07) is 8.93. The summed E-state index contributed by atoms with van der Waals surface area (Å²) in [7, 11) is 0. The molecule has 1 aromatic carbocycles. The highest BCUT2D eigenvalue weighted by Gasteiger charge is 2.60. The van der Waals surface area contributed by atoms with Crippen LogP contribution in [-0.2, 0) is 23.9 Å². The number of carbonyl (C=O) groups is 3. The summed E-state index contributed by atoms with van der Waals surface area (Å²) in [4.78, 5) is 40.5. The van der Waals surface area contributed by atoms with Gasteiger partial charge in [-0.2, -0.15) is 0 Å². The number of imide groups is 1. The molecule has 1 aromatic rings. The van der Waals surface area contributed by atoms with E-state index in [1.54, 1.807) is 38.1 Å². The molecule has 6 nitrogen and oxygen atoms in total. The second kappa shape index (κ2) is 5.94. The van der Waals surface area contributed by atoms with Gasteiger partial charge in [0.15, 0.2) is 0 Å². The normalized spacial score (nSPS) is 32.0. The van der Waals surface area contributed by atoms with Crippen LogP contribution in [0, 0.1) is 23.7 Å². The highest BCUT2D eigenvalue weighted by molar-refractivity contribution is 6.22. The summed E-state index contributed by atoms with van der Waals surface area (Å²) < 4.78 is 11.4. The maximum Gasteiger partial charge on any atom is 0.341 e. The van der Waals surface area contributed by atoms with E-state index in [9.17, 15) is 14.4 Å². The number of nitrogens with zero attached hydrogens (tertiary/aromatic N) is 1. The Labute approximate surface area is 158 Å². The van der Waals surface area contributed by atoms with Crippen molar-refractivity contribution in [2.24, 2.45) is 23.7 Å². The van der Waals surface area contributed by atoms with Gasteiger partial charge in [-0.25, -0.2) is 4.79 Å². The van der Waals surface area contributed by atoms with E-state index in [0.717, 1.165) is 0 Å². The Balaban J connectivity index is 1.82. The van der Waals surface area contributed by atoms with Gasteiger partial charge in [-0.1, -0.05) is 32.0 Å². The van der Waals surface area contributed by atoms with Gasteiger partial charge in [-0.3, -0.25) is 14.5 Å². The lowest BCUT2D eigenvalue weighted by Crippen LogP contribution is -2.47. The molecule has 1 saturated heterocycles. The van der Waals surface area contributed by atoms with Gasteiger partial charge in [-0.05, 0) is 18.6 Å². The first-order chi connectivity index (χ1) is 12.8. The summed E-state index contributed by atoms with van der Waals surface area (Å²) in [5, 5.41) is 0. The fourth-order valence-electron chi connectivity index (χ4n) is 4.69. The van der Waals surface area contributed by atoms with Gasteiger partial charge in [0, 0.05) is 25.7 Å². The molecule has 2 heterocycles. The van der Waals surface area contributed by atoms with Crippen LogP contribution in [0.5, 0.6) is 0 Å². The highest BCUT2D eigenvalue weighted by Crippen LogP contribution is 2.52. The maximum absolute atomic E-state index is 13.3. The predicted molar refractivity (Wildman–Crippen MR) is 97.1 cm³/mol. The van der Waals surface area contributed by atoms with E-state index < -0.39 is 29.5 Å². The fraction of sp³-hybridized carbons (Fsp3) is 0.476. The van der Waals surface area contributed by atoms with Gasteiger partial charge in [0.25, 0.3) is 0 Å². The lowest BCUT2D eigenvalue weighted by Gasteiger charge is -2.43. The number of hydrogen-bond donors (Lipinski definition) is 0. The number of amides is 2. The molecule has 3 aliphatic rings. The number of cyclic esters (lactones) is 1. The monoisotopic (exact) mass is 369 g/mol. The van der Waals surface area contributed by atoms with Crippen LogP contribution in [0.1, 0.15) is 34.1 Å². The minimum atomic E-state index is -1.08. The van der Waals surface area contributed by atoms with Crippen molar-refractivity contribution in [2.75, 3.05) is 4.90 Å². The molecule has 1 fully saturated rings. The average Bonchev–Trinajstić information content (AvgIpc) is 2.87. The van der Waals surface area contributed by atoms with Gasteiger partial charge in [0.2, 0.25) is 17.6 Å². The molecule has 142 valence electrons. The zero-order chi connectivity index (χ0) is 19.5. The van der Waals surface area contributed by atoms with Crippen molar-refractivity contribution in [3.05, 3.63) is 41.7 Å². The van der Waals surface area contributed by atoms with Crippen LogP contribution in [0.3, 0.4) is 0 Å². The number of benzene rings is 1. The van der Waals surface area contributed by atoms with Gasteiger partial charge >= 0.3 is 5.97 Å². The Hall–Kier alpha value is -2.63. The quantitative estimate of drug-likeness (QED) is 0.592. The van der Waals surface area contributed by atoms with Gasteiger partial charge in [0.05, 0.1) is 23.1 Å². The maximum atomic E-state index is 13.3. The van der Waals surface area contributed by atoms with E-state index in [-0.39, 0.29) is 17.7 Å². The van der Waals surface area contributed by atoms with E-state index >= 15 is 0 Å². The Morgan fingerprint density at radius 2 is 1.63 bits per heavy atom. The molecular formula is C21H23NO5.